The van der Waals surface area contributed by atoms with Gasteiger partial charge in [-0.15, -0.1) is 0 Å². The molecule has 1 unspecified atom stereocenters. The predicted octanol–water partition coefficient (Wildman–Crippen LogP) is 1.05. The number of sulfonamides is 1. The standard InChI is InChI=1S/C14H18N2O5S/c1-9-3-4-12(7-13(9)15-10(2)17)22(20,21)16-6-5-11(8-16)14(18)19/h3-4,7,11H,5-6,8H2,1-2H3,(H,15,17)(H,18,19). The van der Waals surface area contributed by atoms with Crippen LogP contribution in [0.2, 0.25) is 0 Å². The van der Waals surface area contributed by atoms with Crippen LogP contribution in [0.5, 0.6) is 0 Å². The van der Waals surface area contributed by atoms with Crippen LogP contribution in [-0.4, -0.2) is 42.8 Å². The van der Waals surface area contributed by atoms with Gasteiger partial charge in [-0.1, -0.05) is 6.07 Å². The molecule has 120 valence electrons. The van der Waals surface area contributed by atoms with E-state index in [1.807, 2.05) is 0 Å². The Balaban J connectivity index is 2.30. The number of carboxylic acid groups (broad SMARTS) is 1. The van der Waals surface area contributed by atoms with Crippen LogP contribution in [-0.2, 0) is 19.6 Å². The van der Waals surface area contributed by atoms with Gasteiger partial charge in [0, 0.05) is 25.7 Å². The van der Waals surface area contributed by atoms with Crippen LogP contribution in [0.1, 0.15) is 18.9 Å². The van der Waals surface area contributed by atoms with Crippen molar-refractivity contribution in [3.05, 3.63) is 23.8 Å². The third-order valence-corrected chi connectivity index (χ3v) is 5.52. The summed E-state index contributed by atoms with van der Waals surface area (Å²) in [6.07, 6.45) is 0.305. The van der Waals surface area contributed by atoms with Gasteiger partial charge < -0.3 is 10.4 Å². The van der Waals surface area contributed by atoms with Crippen LogP contribution in [0.15, 0.2) is 23.1 Å². The first-order chi connectivity index (χ1) is 10.2. The summed E-state index contributed by atoms with van der Waals surface area (Å²) in [6.45, 7) is 3.26. The molecule has 1 atom stereocenters. The summed E-state index contributed by atoms with van der Waals surface area (Å²) in [7, 11) is -3.76. The van der Waals surface area contributed by atoms with Crippen LogP contribution in [0.4, 0.5) is 5.69 Å². The Morgan fingerprint density at radius 1 is 1.36 bits per heavy atom. The molecule has 1 fully saturated rings. The Morgan fingerprint density at radius 2 is 2.05 bits per heavy atom. The summed E-state index contributed by atoms with van der Waals surface area (Å²) in [6, 6.07) is 4.48. The van der Waals surface area contributed by atoms with E-state index in [2.05, 4.69) is 5.32 Å². The zero-order valence-corrected chi connectivity index (χ0v) is 13.2. The van der Waals surface area contributed by atoms with E-state index >= 15 is 0 Å². The minimum Gasteiger partial charge on any atom is -0.481 e. The third-order valence-electron chi connectivity index (χ3n) is 3.66. The van der Waals surface area contributed by atoms with Gasteiger partial charge in [0.15, 0.2) is 0 Å². The largest absolute Gasteiger partial charge is 0.481 e. The Kier molecular flexibility index (Phi) is 4.52. The normalized spacial score (nSPS) is 19.1. The van der Waals surface area contributed by atoms with Crippen molar-refractivity contribution in [2.45, 2.75) is 25.2 Å². The van der Waals surface area contributed by atoms with Gasteiger partial charge in [-0.2, -0.15) is 4.31 Å². The molecule has 1 amide bonds. The number of aliphatic carboxylic acids is 1. The number of hydrogen-bond acceptors (Lipinski definition) is 4. The molecule has 22 heavy (non-hydrogen) atoms. The van der Waals surface area contributed by atoms with Crippen LogP contribution < -0.4 is 5.32 Å². The average molecular weight is 326 g/mol. The second-order valence-corrected chi connectivity index (χ2v) is 7.28. The number of nitrogens with zero attached hydrogens (tertiary/aromatic N) is 1. The average Bonchev–Trinajstić information content (AvgIpc) is 2.91. The van der Waals surface area contributed by atoms with E-state index in [-0.39, 0.29) is 23.9 Å². The van der Waals surface area contributed by atoms with Gasteiger partial charge in [-0.3, -0.25) is 9.59 Å². The van der Waals surface area contributed by atoms with Crippen molar-refractivity contribution in [3.63, 3.8) is 0 Å². The van der Waals surface area contributed by atoms with Crippen molar-refractivity contribution in [2.75, 3.05) is 18.4 Å². The Hall–Kier alpha value is -1.93. The fraction of sp³-hybridized carbons (Fsp3) is 0.429. The summed E-state index contributed by atoms with van der Waals surface area (Å²) >= 11 is 0. The van der Waals surface area contributed by atoms with E-state index in [0.29, 0.717) is 12.1 Å². The SMILES string of the molecule is CC(=O)Nc1cc(S(=O)(=O)N2CCC(C(=O)O)C2)ccc1C. The molecule has 7 nitrogen and oxygen atoms in total. The number of amides is 1. The fourth-order valence-electron chi connectivity index (χ4n) is 2.38. The quantitative estimate of drug-likeness (QED) is 0.860. The highest BCUT2D eigenvalue weighted by Crippen LogP contribution is 2.27. The van der Waals surface area contributed by atoms with Crippen molar-refractivity contribution in [2.24, 2.45) is 5.92 Å². The number of nitrogens with one attached hydrogen (secondary N) is 1. The number of carboxylic acids is 1. The molecule has 1 heterocycles. The van der Waals surface area contributed by atoms with Crippen molar-refractivity contribution in [3.8, 4) is 0 Å². The molecule has 1 aliphatic heterocycles. The molecule has 0 aliphatic carbocycles. The zero-order valence-electron chi connectivity index (χ0n) is 12.4. The first-order valence-electron chi connectivity index (χ1n) is 6.83. The Labute approximate surface area is 129 Å². The van der Waals surface area contributed by atoms with Crippen LogP contribution in [0.3, 0.4) is 0 Å². The highest BCUT2D eigenvalue weighted by molar-refractivity contribution is 7.89. The molecule has 8 heteroatoms. The lowest BCUT2D eigenvalue weighted by Gasteiger charge is -2.17. The van der Waals surface area contributed by atoms with E-state index < -0.39 is 21.9 Å². The summed E-state index contributed by atoms with van der Waals surface area (Å²) in [5.74, 6) is -1.94. The van der Waals surface area contributed by atoms with Gasteiger partial charge >= 0.3 is 5.97 Å². The van der Waals surface area contributed by atoms with Gasteiger partial charge in [0.2, 0.25) is 15.9 Å². The number of carbonyl (C=O) groups is 2. The van der Waals surface area contributed by atoms with Crippen molar-refractivity contribution < 1.29 is 23.1 Å². The van der Waals surface area contributed by atoms with Crippen molar-refractivity contribution in [1.29, 1.82) is 0 Å². The lowest BCUT2D eigenvalue weighted by atomic mass is 10.1. The second kappa shape index (κ2) is 6.05. The van der Waals surface area contributed by atoms with Crippen molar-refractivity contribution in [1.82, 2.24) is 4.31 Å². The van der Waals surface area contributed by atoms with E-state index in [1.54, 1.807) is 13.0 Å². The Bertz CT molecular complexity index is 714. The Morgan fingerprint density at radius 3 is 2.59 bits per heavy atom. The topological polar surface area (TPSA) is 104 Å². The molecule has 1 aromatic rings. The summed E-state index contributed by atoms with van der Waals surface area (Å²) in [4.78, 5) is 22.2. The molecule has 0 saturated carbocycles. The van der Waals surface area contributed by atoms with Crippen LogP contribution in [0, 0.1) is 12.8 Å². The minimum atomic E-state index is -3.76. The molecular weight excluding hydrogens is 308 g/mol. The maximum atomic E-state index is 12.6. The molecule has 1 aromatic carbocycles. The molecule has 0 spiro atoms. The highest BCUT2D eigenvalue weighted by atomic mass is 32.2. The van der Waals surface area contributed by atoms with Gasteiger partial charge in [0.05, 0.1) is 10.8 Å². The highest BCUT2D eigenvalue weighted by Gasteiger charge is 2.35. The van der Waals surface area contributed by atoms with Gasteiger partial charge in [0.25, 0.3) is 0 Å². The third kappa shape index (κ3) is 3.28. The first kappa shape index (κ1) is 16.4. The van der Waals surface area contributed by atoms with E-state index in [9.17, 15) is 18.0 Å². The smallest absolute Gasteiger partial charge is 0.307 e. The molecule has 1 saturated heterocycles. The predicted molar refractivity (Wildman–Crippen MR) is 80.0 cm³/mol. The number of benzene rings is 1. The van der Waals surface area contributed by atoms with E-state index in [1.165, 1.54) is 23.4 Å². The summed E-state index contributed by atoms with van der Waals surface area (Å²) in [5.41, 5.74) is 1.18. The maximum Gasteiger partial charge on any atom is 0.307 e. The lowest BCUT2D eigenvalue weighted by Crippen LogP contribution is -2.30. The zero-order chi connectivity index (χ0) is 16.5. The molecule has 0 aromatic heterocycles. The van der Waals surface area contributed by atoms with Crippen molar-refractivity contribution >= 4 is 27.6 Å². The molecule has 2 rings (SSSR count). The molecule has 2 N–H and O–H groups in total. The summed E-state index contributed by atoms with van der Waals surface area (Å²) in [5, 5.41) is 11.6. The van der Waals surface area contributed by atoms with Gasteiger partial charge in [-0.05, 0) is 31.0 Å². The van der Waals surface area contributed by atoms with E-state index in [0.717, 1.165) is 5.56 Å². The second-order valence-electron chi connectivity index (χ2n) is 5.34. The monoisotopic (exact) mass is 326 g/mol. The number of hydrogen-bond donors (Lipinski definition) is 2. The fourth-order valence-corrected chi connectivity index (χ4v) is 3.91. The van der Waals surface area contributed by atoms with Crippen LogP contribution >= 0.6 is 0 Å². The molecule has 0 radical (unpaired) electrons. The maximum absolute atomic E-state index is 12.6. The number of anilines is 1. The first-order valence-corrected chi connectivity index (χ1v) is 8.27. The van der Waals surface area contributed by atoms with Gasteiger partial charge in [0.1, 0.15) is 0 Å². The number of rotatable bonds is 4. The molecule has 0 bridgehead atoms. The lowest BCUT2D eigenvalue weighted by molar-refractivity contribution is -0.141. The number of aryl methyl sites for hydroxylation is 1. The van der Waals surface area contributed by atoms with Gasteiger partial charge in [-0.25, -0.2) is 8.42 Å². The minimum absolute atomic E-state index is 0.0268. The molecule has 1 aliphatic rings. The van der Waals surface area contributed by atoms with E-state index in [4.69, 9.17) is 5.11 Å². The number of carbonyl (C=O) groups excluding carboxylic acids is 1. The summed E-state index contributed by atoms with van der Waals surface area (Å²) < 4.78 is 26.3. The van der Waals surface area contributed by atoms with Crippen LogP contribution in [0.25, 0.3) is 0 Å². The molecular formula is C14H18N2O5S.